The molecule has 0 heterocycles. The topological polar surface area (TPSA) is 58.2 Å². The lowest BCUT2D eigenvalue weighted by atomic mass is 10.2. The predicted molar refractivity (Wildman–Crippen MR) is 90.8 cm³/mol. The normalized spacial score (nSPS) is 10.2. The Balaban J connectivity index is 2.23. The predicted octanol–water partition coefficient (Wildman–Crippen LogP) is 3.90. The fourth-order valence-electron chi connectivity index (χ4n) is 1.75. The van der Waals surface area contributed by atoms with Gasteiger partial charge >= 0.3 is 0 Å². The second kappa shape index (κ2) is 10.3. The van der Waals surface area contributed by atoms with Gasteiger partial charge in [0, 0.05) is 24.7 Å². The molecule has 0 aliphatic heterocycles. The number of hydrogen-bond acceptors (Lipinski definition) is 3. The van der Waals surface area contributed by atoms with E-state index in [9.17, 15) is 9.59 Å². The molecule has 0 atom stereocenters. The highest BCUT2D eigenvalue weighted by Crippen LogP contribution is 2.14. The van der Waals surface area contributed by atoms with Crippen molar-refractivity contribution in [1.29, 1.82) is 0 Å². The molecule has 21 heavy (non-hydrogen) atoms. The molecule has 0 unspecified atom stereocenters. The van der Waals surface area contributed by atoms with Crippen LogP contribution in [0.4, 0.5) is 11.4 Å². The van der Waals surface area contributed by atoms with Crippen LogP contribution in [0.1, 0.15) is 39.5 Å². The lowest BCUT2D eigenvalue weighted by Crippen LogP contribution is -2.11. The van der Waals surface area contributed by atoms with Crippen molar-refractivity contribution in [2.24, 2.45) is 0 Å². The first-order chi connectivity index (χ1) is 10.1. The summed E-state index contributed by atoms with van der Waals surface area (Å²) in [4.78, 5) is 22.7. The number of rotatable bonds is 9. The molecule has 0 bridgehead atoms. The first-order valence-corrected chi connectivity index (χ1v) is 8.52. The molecule has 0 radical (unpaired) electrons. The van der Waals surface area contributed by atoms with Crippen LogP contribution in [0.25, 0.3) is 0 Å². The molecule has 2 amide bonds. The van der Waals surface area contributed by atoms with E-state index in [1.165, 1.54) is 25.5 Å². The molecular weight excluding hydrogens is 284 g/mol. The lowest BCUT2D eigenvalue weighted by Gasteiger charge is -2.07. The quantitative estimate of drug-likeness (QED) is 0.680. The van der Waals surface area contributed by atoms with Crippen LogP contribution in [0, 0.1) is 0 Å². The number of carbonyl (C=O) groups is 2. The summed E-state index contributed by atoms with van der Waals surface area (Å²) in [5, 5.41) is 5.55. The van der Waals surface area contributed by atoms with Crippen LogP contribution in [-0.2, 0) is 9.59 Å². The number of unbranched alkanes of at least 4 members (excludes halogenated alkanes) is 1. The van der Waals surface area contributed by atoms with E-state index in [0.29, 0.717) is 6.42 Å². The van der Waals surface area contributed by atoms with Gasteiger partial charge in [-0.25, -0.2) is 0 Å². The Hall–Kier alpha value is -1.49. The van der Waals surface area contributed by atoms with Crippen LogP contribution in [0.2, 0.25) is 0 Å². The number of thioether (sulfide) groups is 1. The Labute approximate surface area is 131 Å². The molecule has 4 nitrogen and oxygen atoms in total. The Kier molecular flexibility index (Phi) is 8.59. The van der Waals surface area contributed by atoms with Crippen LogP contribution in [0.15, 0.2) is 24.3 Å². The summed E-state index contributed by atoms with van der Waals surface area (Å²) >= 11 is 1.91. The molecule has 0 spiro atoms. The Morgan fingerprint density at radius 1 is 1.00 bits per heavy atom. The standard InChI is InChI=1S/C16H24N2O2S/c1-3-4-11-21-12-5-6-16(20)18-15-9-7-14(8-10-15)17-13(2)19/h7-10H,3-6,11-12H2,1-2H3,(H,17,19)(H,18,20). The minimum atomic E-state index is -0.104. The van der Waals surface area contributed by atoms with E-state index < -0.39 is 0 Å². The van der Waals surface area contributed by atoms with Gasteiger partial charge in [-0.1, -0.05) is 13.3 Å². The van der Waals surface area contributed by atoms with Gasteiger partial charge in [0.25, 0.3) is 0 Å². The van der Waals surface area contributed by atoms with Crippen LogP contribution >= 0.6 is 11.8 Å². The molecule has 1 aromatic carbocycles. The number of anilines is 2. The van der Waals surface area contributed by atoms with Crippen LogP contribution < -0.4 is 10.6 Å². The number of benzene rings is 1. The molecular formula is C16H24N2O2S. The molecule has 116 valence electrons. The van der Waals surface area contributed by atoms with Crippen molar-refractivity contribution < 1.29 is 9.59 Å². The summed E-state index contributed by atoms with van der Waals surface area (Å²) in [6, 6.07) is 7.13. The van der Waals surface area contributed by atoms with Crippen molar-refractivity contribution in [3.63, 3.8) is 0 Å². The monoisotopic (exact) mass is 308 g/mol. The van der Waals surface area contributed by atoms with Crippen LogP contribution in [0.3, 0.4) is 0 Å². The van der Waals surface area contributed by atoms with E-state index in [0.717, 1.165) is 23.5 Å². The maximum atomic E-state index is 11.8. The fourth-order valence-corrected chi connectivity index (χ4v) is 2.79. The van der Waals surface area contributed by atoms with Crippen molar-refractivity contribution >= 4 is 35.0 Å². The van der Waals surface area contributed by atoms with Gasteiger partial charge in [0.15, 0.2) is 0 Å². The highest BCUT2D eigenvalue weighted by atomic mass is 32.2. The second-order valence-electron chi connectivity index (χ2n) is 4.88. The maximum absolute atomic E-state index is 11.8. The first-order valence-electron chi connectivity index (χ1n) is 7.37. The zero-order valence-corrected chi connectivity index (χ0v) is 13.6. The molecule has 0 aliphatic carbocycles. The smallest absolute Gasteiger partial charge is 0.224 e. The molecule has 1 rings (SSSR count). The number of amides is 2. The van der Waals surface area contributed by atoms with Crippen molar-refractivity contribution in [3.8, 4) is 0 Å². The van der Waals surface area contributed by atoms with Crippen molar-refractivity contribution in [2.75, 3.05) is 22.1 Å². The van der Waals surface area contributed by atoms with Gasteiger partial charge in [-0.2, -0.15) is 11.8 Å². The summed E-state index contributed by atoms with van der Waals surface area (Å²) < 4.78 is 0. The third-order valence-corrected chi connectivity index (χ3v) is 3.98. The van der Waals surface area contributed by atoms with E-state index >= 15 is 0 Å². The Morgan fingerprint density at radius 2 is 1.57 bits per heavy atom. The fraction of sp³-hybridized carbons (Fsp3) is 0.500. The van der Waals surface area contributed by atoms with Gasteiger partial charge in [0.2, 0.25) is 11.8 Å². The molecule has 0 aromatic heterocycles. The largest absolute Gasteiger partial charge is 0.326 e. The SMILES string of the molecule is CCCCSCCCC(=O)Nc1ccc(NC(C)=O)cc1. The first kappa shape index (κ1) is 17.6. The zero-order chi connectivity index (χ0) is 15.5. The highest BCUT2D eigenvalue weighted by molar-refractivity contribution is 7.99. The van der Waals surface area contributed by atoms with Gasteiger partial charge in [0.05, 0.1) is 0 Å². The van der Waals surface area contributed by atoms with E-state index in [1.54, 1.807) is 24.3 Å². The zero-order valence-electron chi connectivity index (χ0n) is 12.8. The molecule has 0 saturated heterocycles. The third-order valence-electron chi connectivity index (χ3n) is 2.82. The highest BCUT2D eigenvalue weighted by Gasteiger charge is 2.03. The van der Waals surface area contributed by atoms with Crippen molar-refractivity contribution in [2.45, 2.75) is 39.5 Å². The average Bonchev–Trinajstić information content (AvgIpc) is 2.44. The van der Waals surface area contributed by atoms with E-state index in [4.69, 9.17) is 0 Å². The summed E-state index contributed by atoms with van der Waals surface area (Å²) in [7, 11) is 0. The molecule has 0 saturated carbocycles. The Bertz CT molecular complexity index is 446. The number of hydrogen-bond donors (Lipinski definition) is 2. The summed E-state index contributed by atoms with van der Waals surface area (Å²) in [6.45, 7) is 3.65. The van der Waals surface area contributed by atoms with Gasteiger partial charge < -0.3 is 10.6 Å². The Morgan fingerprint density at radius 3 is 2.14 bits per heavy atom. The number of nitrogens with one attached hydrogen (secondary N) is 2. The maximum Gasteiger partial charge on any atom is 0.224 e. The van der Waals surface area contributed by atoms with Gasteiger partial charge in [-0.3, -0.25) is 9.59 Å². The summed E-state index contributed by atoms with van der Waals surface area (Å²) in [5.41, 5.74) is 1.49. The van der Waals surface area contributed by atoms with Gasteiger partial charge in [-0.05, 0) is 48.6 Å². The van der Waals surface area contributed by atoms with Crippen LogP contribution in [-0.4, -0.2) is 23.3 Å². The molecule has 2 N–H and O–H groups in total. The van der Waals surface area contributed by atoms with E-state index in [-0.39, 0.29) is 11.8 Å². The summed E-state index contributed by atoms with van der Waals surface area (Å²) in [6.07, 6.45) is 3.93. The number of carbonyl (C=O) groups excluding carboxylic acids is 2. The van der Waals surface area contributed by atoms with Gasteiger partial charge in [0.1, 0.15) is 0 Å². The van der Waals surface area contributed by atoms with Crippen molar-refractivity contribution in [1.82, 2.24) is 0 Å². The molecule has 0 aliphatic rings. The second-order valence-corrected chi connectivity index (χ2v) is 6.10. The third kappa shape index (κ3) is 8.40. The molecule has 5 heteroatoms. The average molecular weight is 308 g/mol. The van der Waals surface area contributed by atoms with Crippen LogP contribution in [0.5, 0.6) is 0 Å². The lowest BCUT2D eigenvalue weighted by molar-refractivity contribution is -0.116. The summed E-state index contributed by atoms with van der Waals surface area (Å²) in [5.74, 6) is 2.16. The molecule has 0 fully saturated rings. The minimum Gasteiger partial charge on any atom is -0.326 e. The van der Waals surface area contributed by atoms with E-state index in [1.807, 2.05) is 11.8 Å². The van der Waals surface area contributed by atoms with E-state index in [2.05, 4.69) is 17.6 Å². The van der Waals surface area contributed by atoms with Gasteiger partial charge in [-0.15, -0.1) is 0 Å². The minimum absolute atomic E-state index is 0.0402. The van der Waals surface area contributed by atoms with Crippen molar-refractivity contribution in [3.05, 3.63) is 24.3 Å². The molecule has 1 aromatic rings.